The standard InChI is InChI=1S/C22H31N3O2/c1-7-10-16-19(15(6)26-8-2)22(27-9-3)20-17(25-16)11-12-18-21(20)24-14(5)13(4)23-18/h7,10-12,15-16,19,22,25H,8-9H2,1-6H3/b10-7+. The number of ether oxygens (including phenoxy) is 2. The summed E-state index contributed by atoms with van der Waals surface area (Å²) in [5.41, 5.74) is 5.93. The molecular formula is C22H31N3O2. The van der Waals surface area contributed by atoms with E-state index in [-0.39, 0.29) is 24.2 Å². The second kappa shape index (κ2) is 8.36. The summed E-state index contributed by atoms with van der Waals surface area (Å²) in [7, 11) is 0. The van der Waals surface area contributed by atoms with Gasteiger partial charge in [0, 0.05) is 30.4 Å². The van der Waals surface area contributed by atoms with Gasteiger partial charge in [0.1, 0.15) is 0 Å². The molecule has 0 aliphatic carbocycles. The predicted octanol–water partition coefficient (Wildman–Crippen LogP) is 4.74. The van der Waals surface area contributed by atoms with Crippen LogP contribution in [0.15, 0.2) is 24.3 Å². The molecule has 0 radical (unpaired) electrons. The first-order valence-electron chi connectivity index (χ1n) is 9.92. The fourth-order valence-corrected chi connectivity index (χ4v) is 4.05. The first-order valence-corrected chi connectivity index (χ1v) is 9.92. The van der Waals surface area contributed by atoms with Gasteiger partial charge < -0.3 is 14.8 Å². The lowest BCUT2D eigenvalue weighted by Crippen LogP contribution is -2.44. The van der Waals surface area contributed by atoms with Crippen molar-refractivity contribution in [2.24, 2.45) is 5.92 Å². The molecule has 0 spiro atoms. The molecule has 146 valence electrons. The second-order valence-corrected chi connectivity index (χ2v) is 7.10. The Balaban J connectivity index is 2.22. The van der Waals surface area contributed by atoms with Crippen molar-refractivity contribution in [3.63, 3.8) is 0 Å². The summed E-state index contributed by atoms with van der Waals surface area (Å²) in [6.07, 6.45) is 4.23. The van der Waals surface area contributed by atoms with Gasteiger partial charge in [-0.15, -0.1) is 0 Å². The van der Waals surface area contributed by atoms with E-state index in [1.54, 1.807) is 0 Å². The maximum atomic E-state index is 6.32. The molecule has 0 amide bonds. The van der Waals surface area contributed by atoms with E-state index in [2.05, 4.69) is 30.5 Å². The highest BCUT2D eigenvalue weighted by molar-refractivity contribution is 5.85. The van der Waals surface area contributed by atoms with Crippen LogP contribution in [0.25, 0.3) is 11.0 Å². The summed E-state index contributed by atoms with van der Waals surface area (Å²) in [5.74, 6) is 0.141. The van der Waals surface area contributed by atoms with Gasteiger partial charge in [-0.05, 0) is 53.7 Å². The SMILES string of the molecule is C/C=C/C1Nc2ccc3nc(C)c(C)nc3c2C(OCC)C1C(C)OCC. The van der Waals surface area contributed by atoms with E-state index in [0.717, 1.165) is 33.7 Å². The number of fused-ring (bicyclic) bond motifs is 3. The Morgan fingerprint density at radius 2 is 1.89 bits per heavy atom. The zero-order chi connectivity index (χ0) is 19.6. The van der Waals surface area contributed by atoms with Crippen LogP contribution in [0, 0.1) is 19.8 Å². The van der Waals surface area contributed by atoms with Crippen molar-refractivity contribution in [3.05, 3.63) is 41.2 Å². The molecule has 0 bridgehead atoms. The molecule has 5 heteroatoms. The molecule has 1 aliphatic heterocycles. The topological polar surface area (TPSA) is 56.3 Å². The van der Waals surface area contributed by atoms with E-state index >= 15 is 0 Å². The largest absolute Gasteiger partial charge is 0.378 e. The minimum absolute atomic E-state index is 0.0446. The Morgan fingerprint density at radius 1 is 1.15 bits per heavy atom. The molecule has 1 aliphatic rings. The van der Waals surface area contributed by atoms with Gasteiger partial charge in [0.25, 0.3) is 0 Å². The van der Waals surface area contributed by atoms with Gasteiger partial charge in [-0.25, -0.2) is 9.97 Å². The quantitative estimate of drug-likeness (QED) is 0.746. The minimum atomic E-state index is -0.103. The van der Waals surface area contributed by atoms with Crippen LogP contribution in [-0.4, -0.2) is 35.3 Å². The van der Waals surface area contributed by atoms with E-state index in [1.165, 1.54) is 0 Å². The average Bonchev–Trinajstić information content (AvgIpc) is 2.63. The monoisotopic (exact) mass is 369 g/mol. The summed E-state index contributed by atoms with van der Waals surface area (Å²) < 4.78 is 12.3. The molecule has 1 aromatic heterocycles. The van der Waals surface area contributed by atoms with Crippen molar-refractivity contribution in [1.82, 2.24) is 9.97 Å². The summed E-state index contributed by atoms with van der Waals surface area (Å²) >= 11 is 0. The van der Waals surface area contributed by atoms with E-state index in [9.17, 15) is 0 Å². The van der Waals surface area contributed by atoms with Crippen LogP contribution in [0.2, 0.25) is 0 Å². The number of nitrogens with one attached hydrogen (secondary N) is 1. The van der Waals surface area contributed by atoms with Crippen LogP contribution in [-0.2, 0) is 9.47 Å². The summed E-state index contributed by atoms with van der Waals surface area (Å²) in [5, 5.41) is 3.69. The molecule has 0 fully saturated rings. The van der Waals surface area contributed by atoms with E-state index in [1.807, 2.05) is 40.7 Å². The van der Waals surface area contributed by atoms with Gasteiger partial charge in [0.15, 0.2) is 0 Å². The van der Waals surface area contributed by atoms with Crippen LogP contribution in [0.3, 0.4) is 0 Å². The van der Waals surface area contributed by atoms with Gasteiger partial charge in [-0.3, -0.25) is 0 Å². The number of allylic oxidation sites excluding steroid dienone is 1. The zero-order valence-electron chi connectivity index (χ0n) is 17.2. The Labute approximate surface area is 162 Å². The van der Waals surface area contributed by atoms with E-state index in [4.69, 9.17) is 19.4 Å². The molecule has 1 N–H and O–H groups in total. The maximum Gasteiger partial charge on any atom is 0.0969 e. The first-order chi connectivity index (χ1) is 13.0. The first kappa shape index (κ1) is 19.8. The van der Waals surface area contributed by atoms with Gasteiger partial charge in [0.2, 0.25) is 0 Å². The van der Waals surface area contributed by atoms with Crippen molar-refractivity contribution in [2.75, 3.05) is 18.5 Å². The van der Waals surface area contributed by atoms with Gasteiger partial charge in [0.05, 0.1) is 40.7 Å². The minimum Gasteiger partial charge on any atom is -0.378 e. The zero-order valence-corrected chi connectivity index (χ0v) is 17.2. The number of aromatic nitrogens is 2. The lowest BCUT2D eigenvalue weighted by molar-refractivity contribution is -0.0587. The van der Waals surface area contributed by atoms with Crippen molar-refractivity contribution in [3.8, 4) is 0 Å². The van der Waals surface area contributed by atoms with Crippen LogP contribution < -0.4 is 5.32 Å². The molecule has 2 heterocycles. The molecule has 0 saturated heterocycles. The lowest BCUT2D eigenvalue weighted by atomic mass is 9.80. The predicted molar refractivity (Wildman–Crippen MR) is 110 cm³/mol. The van der Waals surface area contributed by atoms with Gasteiger partial charge in [-0.1, -0.05) is 12.2 Å². The van der Waals surface area contributed by atoms with Gasteiger partial charge >= 0.3 is 0 Å². The smallest absolute Gasteiger partial charge is 0.0969 e. The number of hydrogen-bond acceptors (Lipinski definition) is 5. The average molecular weight is 370 g/mol. The van der Waals surface area contributed by atoms with Crippen LogP contribution in [0.1, 0.15) is 50.8 Å². The van der Waals surface area contributed by atoms with Crippen molar-refractivity contribution in [2.45, 2.75) is 59.8 Å². The number of benzene rings is 1. The maximum absolute atomic E-state index is 6.32. The number of hydrogen-bond donors (Lipinski definition) is 1. The van der Waals surface area contributed by atoms with Crippen LogP contribution in [0.4, 0.5) is 5.69 Å². The Bertz CT molecular complexity index is 834. The van der Waals surface area contributed by atoms with Crippen molar-refractivity contribution < 1.29 is 9.47 Å². The summed E-state index contributed by atoms with van der Waals surface area (Å²) in [6.45, 7) is 13.6. The molecule has 4 atom stereocenters. The molecule has 1 aromatic carbocycles. The molecule has 0 saturated carbocycles. The third kappa shape index (κ3) is 3.71. The Hall–Kier alpha value is -1.98. The molecule has 3 rings (SSSR count). The highest BCUT2D eigenvalue weighted by Gasteiger charge is 2.41. The molecule has 4 unspecified atom stereocenters. The molecule has 27 heavy (non-hydrogen) atoms. The van der Waals surface area contributed by atoms with Crippen molar-refractivity contribution in [1.29, 1.82) is 0 Å². The number of rotatable bonds is 6. The molecular weight excluding hydrogens is 338 g/mol. The van der Waals surface area contributed by atoms with Crippen molar-refractivity contribution >= 4 is 16.7 Å². The number of anilines is 1. The van der Waals surface area contributed by atoms with E-state index in [0.29, 0.717) is 13.2 Å². The summed E-state index contributed by atoms with van der Waals surface area (Å²) in [6, 6.07) is 4.28. The van der Waals surface area contributed by atoms with E-state index < -0.39 is 0 Å². The third-order valence-corrected chi connectivity index (χ3v) is 5.38. The normalized spacial score (nSPS) is 23.4. The second-order valence-electron chi connectivity index (χ2n) is 7.10. The Kier molecular flexibility index (Phi) is 6.12. The lowest BCUT2D eigenvalue weighted by Gasteiger charge is -2.42. The Morgan fingerprint density at radius 3 is 2.56 bits per heavy atom. The van der Waals surface area contributed by atoms with Crippen LogP contribution in [0.5, 0.6) is 0 Å². The fraction of sp³-hybridized carbons (Fsp3) is 0.545. The highest BCUT2D eigenvalue weighted by Crippen LogP contribution is 2.44. The highest BCUT2D eigenvalue weighted by atomic mass is 16.5. The third-order valence-electron chi connectivity index (χ3n) is 5.38. The molecule has 5 nitrogen and oxygen atoms in total. The number of nitrogens with zero attached hydrogens (tertiary/aromatic N) is 2. The molecule has 2 aromatic rings. The van der Waals surface area contributed by atoms with Crippen LogP contribution >= 0.6 is 0 Å². The number of aryl methyl sites for hydroxylation is 2. The fourth-order valence-electron chi connectivity index (χ4n) is 4.05. The summed E-state index contributed by atoms with van der Waals surface area (Å²) in [4.78, 5) is 9.64. The van der Waals surface area contributed by atoms with Gasteiger partial charge in [-0.2, -0.15) is 0 Å².